The summed E-state index contributed by atoms with van der Waals surface area (Å²) in [6, 6.07) is 22.7. The van der Waals surface area contributed by atoms with Crippen molar-refractivity contribution in [2.75, 3.05) is 44.2 Å². The number of nitrogens with zero attached hydrogens (tertiary/aromatic N) is 4. The van der Waals surface area contributed by atoms with Gasteiger partial charge >= 0.3 is 0 Å². The van der Waals surface area contributed by atoms with Crippen LogP contribution >= 0.6 is 0 Å². The van der Waals surface area contributed by atoms with E-state index in [0.29, 0.717) is 5.56 Å². The summed E-state index contributed by atoms with van der Waals surface area (Å²) in [6.07, 6.45) is 5.18. The number of hydrogen-bond acceptors (Lipinski definition) is 5. The molecule has 0 N–H and O–H groups in total. The minimum Gasteiger partial charge on any atom is -0.490 e. The van der Waals surface area contributed by atoms with Crippen LogP contribution in [0.25, 0.3) is 0 Å². The van der Waals surface area contributed by atoms with Crippen molar-refractivity contribution in [3.8, 4) is 5.75 Å². The molecule has 0 unspecified atom stereocenters. The first-order valence-corrected chi connectivity index (χ1v) is 12.2. The molecule has 0 bridgehead atoms. The SMILES string of the molecule is O=C(c1ccncc1)N1CCC(Oc2cccc(CN3CCN(c4ccccc4)CC3)c2)CC1. The highest BCUT2D eigenvalue weighted by atomic mass is 16.5. The Kier molecular flexibility index (Phi) is 7.05. The quantitative estimate of drug-likeness (QED) is 0.559. The molecule has 3 heterocycles. The first kappa shape index (κ1) is 22.4. The van der Waals surface area contributed by atoms with E-state index in [9.17, 15) is 4.79 Å². The summed E-state index contributed by atoms with van der Waals surface area (Å²) >= 11 is 0. The Morgan fingerprint density at radius 1 is 0.853 bits per heavy atom. The van der Waals surface area contributed by atoms with Crippen LogP contribution in [0.5, 0.6) is 5.75 Å². The van der Waals surface area contributed by atoms with E-state index in [2.05, 4.69) is 63.3 Å². The van der Waals surface area contributed by atoms with Crippen molar-refractivity contribution in [2.24, 2.45) is 0 Å². The van der Waals surface area contributed by atoms with Crippen molar-refractivity contribution in [2.45, 2.75) is 25.5 Å². The molecule has 2 aliphatic heterocycles. The molecule has 2 aromatic carbocycles. The zero-order valence-electron chi connectivity index (χ0n) is 19.6. The molecule has 1 aromatic heterocycles. The maximum atomic E-state index is 12.6. The number of anilines is 1. The van der Waals surface area contributed by atoms with E-state index in [1.54, 1.807) is 24.5 Å². The van der Waals surface area contributed by atoms with Gasteiger partial charge in [-0.15, -0.1) is 0 Å². The van der Waals surface area contributed by atoms with Crippen molar-refractivity contribution < 1.29 is 9.53 Å². The van der Waals surface area contributed by atoms with Crippen LogP contribution in [0.3, 0.4) is 0 Å². The largest absolute Gasteiger partial charge is 0.490 e. The van der Waals surface area contributed by atoms with Crippen LogP contribution < -0.4 is 9.64 Å². The molecule has 2 fully saturated rings. The van der Waals surface area contributed by atoms with Crippen LogP contribution in [0.1, 0.15) is 28.8 Å². The summed E-state index contributed by atoms with van der Waals surface area (Å²) in [5.41, 5.74) is 3.30. The van der Waals surface area contributed by atoms with Gasteiger partial charge in [-0.05, 0) is 42.0 Å². The second kappa shape index (κ2) is 10.7. The summed E-state index contributed by atoms with van der Waals surface area (Å²) in [6.45, 7) is 6.61. The average molecular weight is 457 g/mol. The van der Waals surface area contributed by atoms with Gasteiger partial charge in [0.2, 0.25) is 0 Å². The lowest BCUT2D eigenvalue weighted by Gasteiger charge is -2.36. The van der Waals surface area contributed by atoms with Gasteiger partial charge in [0.25, 0.3) is 5.91 Å². The number of ether oxygens (including phenoxy) is 1. The van der Waals surface area contributed by atoms with Gasteiger partial charge in [0.1, 0.15) is 11.9 Å². The second-order valence-corrected chi connectivity index (χ2v) is 9.09. The minimum absolute atomic E-state index is 0.0789. The molecule has 0 atom stereocenters. The number of carbonyl (C=O) groups excluding carboxylic acids is 1. The molecule has 6 nitrogen and oxygen atoms in total. The van der Waals surface area contributed by atoms with Crippen molar-refractivity contribution in [1.82, 2.24) is 14.8 Å². The summed E-state index contributed by atoms with van der Waals surface area (Å²) in [7, 11) is 0. The molecular weight excluding hydrogens is 424 g/mol. The Morgan fingerprint density at radius 2 is 1.59 bits per heavy atom. The highest BCUT2D eigenvalue weighted by Gasteiger charge is 2.25. The summed E-state index contributed by atoms with van der Waals surface area (Å²) in [5, 5.41) is 0. The molecule has 0 radical (unpaired) electrons. The van der Waals surface area contributed by atoms with E-state index in [1.807, 2.05) is 11.0 Å². The van der Waals surface area contributed by atoms with Gasteiger partial charge in [-0.3, -0.25) is 14.7 Å². The molecule has 1 amide bonds. The Morgan fingerprint density at radius 3 is 2.32 bits per heavy atom. The highest BCUT2D eigenvalue weighted by Crippen LogP contribution is 2.23. The topological polar surface area (TPSA) is 48.9 Å². The summed E-state index contributed by atoms with van der Waals surface area (Å²) in [4.78, 5) is 23.5. The molecule has 0 saturated carbocycles. The van der Waals surface area contributed by atoms with E-state index in [0.717, 1.165) is 64.4 Å². The number of para-hydroxylation sites is 1. The zero-order chi connectivity index (χ0) is 23.2. The molecule has 6 heteroatoms. The van der Waals surface area contributed by atoms with Crippen molar-refractivity contribution in [3.63, 3.8) is 0 Å². The van der Waals surface area contributed by atoms with Crippen LogP contribution in [0, 0.1) is 0 Å². The smallest absolute Gasteiger partial charge is 0.253 e. The van der Waals surface area contributed by atoms with E-state index in [1.165, 1.54) is 11.3 Å². The molecular formula is C28H32N4O2. The number of piperidine rings is 1. The number of likely N-dealkylation sites (tertiary alicyclic amines) is 1. The van der Waals surface area contributed by atoms with Gasteiger partial charge in [-0.2, -0.15) is 0 Å². The summed E-state index contributed by atoms with van der Waals surface area (Å²) in [5.74, 6) is 1.01. The zero-order valence-corrected chi connectivity index (χ0v) is 19.6. The minimum atomic E-state index is 0.0789. The first-order chi connectivity index (χ1) is 16.7. The number of aromatic nitrogens is 1. The third-order valence-electron chi connectivity index (χ3n) is 6.76. The third-order valence-corrected chi connectivity index (χ3v) is 6.76. The Labute approximate surface area is 201 Å². The average Bonchev–Trinajstić information content (AvgIpc) is 2.90. The van der Waals surface area contributed by atoms with Gasteiger partial charge in [-0.1, -0.05) is 30.3 Å². The molecule has 34 heavy (non-hydrogen) atoms. The molecule has 3 aromatic rings. The fraction of sp³-hybridized carbons (Fsp3) is 0.357. The lowest BCUT2D eigenvalue weighted by Crippen LogP contribution is -2.45. The number of hydrogen-bond donors (Lipinski definition) is 0. The number of amides is 1. The fourth-order valence-electron chi connectivity index (χ4n) is 4.82. The number of pyridine rings is 1. The number of rotatable bonds is 6. The van der Waals surface area contributed by atoms with Crippen molar-refractivity contribution in [3.05, 3.63) is 90.3 Å². The summed E-state index contributed by atoms with van der Waals surface area (Å²) < 4.78 is 6.32. The van der Waals surface area contributed by atoms with Crippen molar-refractivity contribution >= 4 is 11.6 Å². The maximum absolute atomic E-state index is 12.6. The lowest BCUT2D eigenvalue weighted by molar-refractivity contribution is 0.0595. The Balaban J connectivity index is 1.10. The Hall–Kier alpha value is -3.38. The van der Waals surface area contributed by atoms with Gasteiger partial charge in [0, 0.05) is 82.3 Å². The normalized spacial score (nSPS) is 17.5. The van der Waals surface area contributed by atoms with Crippen LogP contribution in [-0.4, -0.2) is 66.1 Å². The van der Waals surface area contributed by atoms with E-state index < -0.39 is 0 Å². The van der Waals surface area contributed by atoms with E-state index >= 15 is 0 Å². The van der Waals surface area contributed by atoms with Gasteiger partial charge in [-0.25, -0.2) is 0 Å². The number of carbonyl (C=O) groups is 1. The van der Waals surface area contributed by atoms with Crippen LogP contribution in [-0.2, 0) is 6.54 Å². The van der Waals surface area contributed by atoms with E-state index in [4.69, 9.17) is 4.74 Å². The molecule has 0 aliphatic carbocycles. The predicted octanol–water partition coefficient (Wildman–Crippen LogP) is 4.09. The van der Waals surface area contributed by atoms with Crippen LogP contribution in [0.4, 0.5) is 5.69 Å². The van der Waals surface area contributed by atoms with Gasteiger partial charge in [0.05, 0.1) is 0 Å². The van der Waals surface area contributed by atoms with Crippen LogP contribution in [0.15, 0.2) is 79.1 Å². The number of benzene rings is 2. The van der Waals surface area contributed by atoms with Crippen molar-refractivity contribution in [1.29, 1.82) is 0 Å². The Bertz CT molecular complexity index is 1060. The van der Waals surface area contributed by atoms with Gasteiger partial charge < -0.3 is 14.5 Å². The number of piperazine rings is 1. The predicted molar refractivity (Wildman–Crippen MR) is 134 cm³/mol. The molecule has 5 rings (SSSR count). The third kappa shape index (κ3) is 5.57. The van der Waals surface area contributed by atoms with Crippen LogP contribution in [0.2, 0.25) is 0 Å². The first-order valence-electron chi connectivity index (χ1n) is 12.2. The maximum Gasteiger partial charge on any atom is 0.253 e. The molecule has 0 spiro atoms. The molecule has 176 valence electrons. The molecule has 2 saturated heterocycles. The van der Waals surface area contributed by atoms with E-state index in [-0.39, 0.29) is 12.0 Å². The fourth-order valence-corrected chi connectivity index (χ4v) is 4.82. The monoisotopic (exact) mass is 456 g/mol. The van der Waals surface area contributed by atoms with Gasteiger partial charge in [0.15, 0.2) is 0 Å². The highest BCUT2D eigenvalue weighted by molar-refractivity contribution is 5.94. The molecule has 2 aliphatic rings. The standard InChI is InChI=1S/C28H32N4O2/c33-28(24-9-13-29-14-10-24)32-15-11-26(12-16-32)34-27-8-4-5-23(21-27)22-30-17-19-31(20-18-30)25-6-2-1-3-7-25/h1-10,13-14,21,26H,11-12,15-20,22H2. The lowest BCUT2D eigenvalue weighted by atomic mass is 10.1. The second-order valence-electron chi connectivity index (χ2n) is 9.09.